The summed E-state index contributed by atoms with van der Waals surface area (Å²) in [5.74, 6) is 0.124. The number of fused-ring (bicyclic) bond motifs is 1. The van der Waals surface area contributed by atoms with Crippen LogP contribution in [-0.2, 0) is 4.79 Å². The molecule has 0 unspecified atom stereocenters. The first kappa shape index (κ1) is 25.8. The van der Waals surface area contributed by atoms with E-state index in [0.29, 0.717) is 28.4 Å². The molecule has 1 amide bonds. The molecule has 2 aliphatic carbocycles. The van der Waals surface area contributed by atoms with Crippen LogP contribution < -0.4 is 10.6 Å². The Bertz CT molecular complexity index is 1210. The first-order valence-corrected chi connectivity index (χ1v) is 13.2. The average Bonchev–Trinajstić information content (AvgIpc) is 3.66. The lowest BCUT2D eigenvalue weighted by Crippen LogP contribution is -2.35. The summed E-state index contributed by atoms with van der Waals surface area (Å²) in [6, 6.07) is 7.48. The number of nitrogens with zero attached hydrogens (tertiary/aromatic N) is 2. The number of alkyl halides is 3. The highest BCUT2D eigenvalue weighted by molar-refractivity contribution is 6.00. The molecule has 5 rings (SSSR count). The second-order valence-electron chi connectivity index (χ2n) is 11.1. The standard InChI is InChI=1S/C29H35F3N4O/c1-19(29(30,31)32)26-23-6-3-7-25(34-21-10-12-28(13-11-21)14-16-36(2)18-28)24(23)17-22(35-26)5-4-15-33-27(37)20-8-9-20/h3-7,17,20-21,34H,1,8-16,18H2,2H3,(H,33,37)/b5-4+. The number of aromatic nitrogens is 1. The second-order valence-corrected chi connectivity index (χ2v) is 11.1. The molecule has 1 aliphatic heterocycles. The van der Waals surface area contributed by atoms with Gasteiger partial charge in [-0.05, 0) is 82.2 Å². The van der Waals surface area contributed by atoms with Gasteiger partial charge in [0.25, 0.3) is 0 Å². The van der Waals surface area contributed by atoms with E-state index in [-0.39, 0.29) is 23.6 Å². The summed E-state index contributed by atoms with van der Waals surface area (Å²) >= 11 is 0. The van der Waals surface area contributed by atoms with Crippen LogP contribution in [0.1, 0.15) is 56.3 Å². The number of pyridine rings is 1. The van der Waals surface area contributed by atoms with Gasteiger partial charge in [0.15, 0.2) is 0 Å². The SMILES string of the molecule is C=C(c1nc(/C=C/CNC(=O)C2CC2)cc2c(NC3CCC4(CC3)CCN(C)C4)cccc12)C(F)(F)F. The Balaban J connectivity index is 1.39. The molecule has 198 valence electrons. The Kier molecular flexibility index (Phi) is 7.05. The molecule has 2 N–H and O–H groups in total. The van der Waals surface area contributed by atoms with Crippen LogP contribution in [0.4, 0.5) is 18.9 Å². The van der Waals surface area contributed by atoms with E-state index in [4.69, 9.17) is 0 Å². The van der Waals surface area contributed by atoms with Gasteiger partial charge < -0.3 is 15.5 Å². The molecule has 8 heteroatoms. The summed E-state index contributed by atoms with van der Waals surface area (Å²) in [6.07, 6.45) is 6.30. The number of carbonyl (C=O) groups excluding carboxylic acids is 1. The monoisotopic (exact) mass is 512 g/mol. The van der Waals surface area contributed by atoms with Crippen molar-refractivity contribution in [2.75, 3.05) is 32.0 Å². The number of hydrogen-bond acceptors (Lipinski definition) is 4. The lowest BCUT2D eigenvalue weighted by Gasteiger charge is -2.38. The van der Waals surface area contributed by atoms with E-state index in [9.17, 15) is 18.0 Å². The number of benzene rings is 1. The van der Waals surface area contributed by atoms with Crippen LogP contribution in [0.5, 0.6) is 0 Å². The molecule has 1 spiro atoms. The Morgan fingerprint density at radius 3 is 2.59 bits per heavy atom. The topological polar surface area (TPSA) is 57.3 Å². The number of rotatable bonds is 7. The van der Waals surface area contributed by atoms with Crippen LogP contribution in [0.2, 0.25) is 0 Å². The fraction of sp³-hybridized carbons (Fsp3) is 0.517. The molecule has 2 aromatic rings. The minimum absolute atomic E-state index is 0.0206. The summed E-state index contributed by atoms with van der Waals surface area (Å²) in [4.78, 5) is 18.6. The number of anilines is 1. The molecule has 1 aromatic carbocycles. The maximum Gasteiger partial charge on any atom is 0.417 e. The summed E-state index contributed by atoms with van der Waals surface area (Å²) in [5.41, 5.74) is 0.514. The van der Waals surface area contributed by atoms with Crippen molar-refractivity contribution in [3.05, 3.63) is 48.3 Å². The third kappa shape index (κ3) is 5.84. The van der Waals surface area contributed by atoms with Crippen molar-refractivity contribution in [2.45, 2.75) is 57.2 Å². The first-order chi connectivity index (χ1) is 17.6. The summed E-state index contributed by atoms with van der Waals surface area (Å²) in [5, 5.41) is 7.60. The number of carbonyl (C=O) groups is 1. The van der Waals surface area contributed by atoms with Crippen molar-refractivity contribution in [3.63, 3.8) is 0 Å². The van der Waals surface area contributed by atoms with Crippen LogP contribution in [0, 0.1) is 11.3 Å². The number of amides is 1. The molecule has 0 bridgehead atoms. The van der Waals surface area contributed by atoms with Gasteiger partial charge in [-0.25, -0.2) is 4.98 Å². The Morgan fingerprint density at radius 1 is 1.19 bits per heavy atom. The second kappa shape index (κ2) is 10.1. The number of hydrogen-bond donors (Lipinski definition) is 2. The minimum atomic E-state index is -4.59. The first-order valence-electron chi connectivity index (χ1n) is 13.2. The van der Waals surface area contributed by atoms with Crippen LogP contribution in [0.3, 0.4) is 0 Å². The zero-order valence-corrected chi connectivity index (χ0v) is 21.3. The van der Waals surface area contributed by atoms with Crippen molar-refractivity contribution >= 4 is 34.0 Å². The summed E-state index contributed by atoms with van der Waals surface area (Å²) in [6.45, 7) is 5.95. The van der Waals surface area contributed by atoms with Gasteiger partial charge in [0, 0.05) is 41.5 Å². The molecule has 37 heavy (non-hydrogen) atoms. The zero-order valence-electron chi connectivity index (χ0n) is 21.3. The van der Waals surface area contributed by atoms with Crippen LogP contribution >= 0.6 is 0 Å². The lowest BCUT2D eigenvalue weighted by atomic mass is 9.72. The number of halogens is 3. The molecule has 2 heterocycles. The fourth-order valence-corrected chi connectivity index (χ4v) is 5.86. The third-order valence-electron chi connectivity index (χ3n) is 8.19. The van der Waals surface area contributed by atoms with Crippen molar-refractivity contribution < 1.29 is 18.0 Å². The number of likely N-dealkylation sites (tertiary alicyclic amines) is 1. The van der Waals surface area contributed by atoms with E-state index in [1.165, 1.54) is 6.42 Å². The highest BCUT2D eigenvalue weighted by atomic mass is 19.4. The minimum Gasteiger partial charge on any atom is -0.382 e. The molecule has 5 nitrogen and oxygen atoms in total. The average molecular weight is 513 g/mol. The molecule has 3 fully saturated rings. The van der Waals surface area contributed by atoms with E-state index in [1.54, 1.807) is 24.3 Å². The molecular formula is C29H35F3N4O. The van der Waals surface area contributed by atoms with Crippen molar-refractivity contribution in [2.24, 2.45) is 11.3 Å². The van der Waals surface area contributed by atoms with Gasteiger partial charge in [-0.3, -0.25) is 4.79 Å². The van der Waals surface area contributed by atoms with Gasteiger partial charge in [0.2, 0.25) is 5.91 Å². The number of nitrogens with one attached hydrogen (secondary N) is 2. The van der Waals surface area contributed by atoms with Gasteiger partial charge >= 0.3 is 6.18 Å². The van der Waals surface area contributed by atoms with Gasteiger partial charge in [-0.1, -0.05) is 24.8 Å². The molecule has 0 atom stereocenters. The van der Waals surface area contributed by atoms with E-state index in [1.807, 2.05) is 12.1 Å². The maximum absolute atomic E-state index is 13.7. The van der Waals surface area contributed by atoms with Crippen LogP contribution in [0.25, 0.3) is 22.4 Å². The quantitative estimate of drug-likeness (QED) is 0.476. The number of allylic oxidation sites excluding steroid dienone is 1. The maximum atomic E-state index is 13.7. The predicted molar refractivity (Wildman–Crippen MR) is 142 cm³/mol. The van der Waals surface area contributed by atoms with Crippen LogP contribution in [-0.4, -0.2) is 54.7 Å². The summed E-state index contributed by atoms with van der Waals surface area (Å²) in [7, 11) is 2.18. The van der Waals surface area contributed by atoms with Gasteiger partial charge in [0.1, 0.15) is 0 Å². The van der Waals surface area contributed by atoms with Crippen molar-refractivity contribution in [3.8, 4) is 0 Å². The normalized spacial score (nSPS) is 24.7. The van der Waals surface area contributed by atoms with Gasteiger partial charge in [-0.2, -0.15) is 13.2 Å². The highest BCUT2D eigenvalue weighted by Gasteiger charge is 2.40. The smallest absolute Gasteiger partial charge is 0.382 e. The lowest BCUT2D eigenvalue weighted by molar-refractivity contribution is -0.122. The van der Waals surface area contributed by atoms with Gasteiger partial charge in [-0.15, -0.1) is 0 Å². The predicted octanol–water partition coefficient (Wildman–Crippen LogP) is 6.03. The zero-order chi connectivity index (χ0) is 26.2. The molecule has 1 saturated heterocycles. The Morgan fingerprint density at radius 2 is 1.95 bits per heavy atom. The van der Waals surface area contributed by atoms with E-state index >= 15 is 0 Å². The van der Waals surface area contributed by atoms with E-state index in [2.05, 4.69) is 34.1 Å². The van der Waals surface area contributed by atoms with Crippen LogP contribution in [0.15, 0.2) is 36.9 Å². The molecule has 3 aliphatic rings. The molecular weight excluding hydrogens is 477 g/mol. The van der Waals surface area contributed by atoms with Crippen molar-refractivity contribution in [1.82, 2.24) is 15.2 Å². The molecule has 2 saturated carbocycles. The molecule has 1 aromatic heterocycles. The largest absolute Gasteiger partial charge is 0.417 e. The molecule has 0 radical (unpaired) electrons. The Labute approximate surface area is 216 Å². The van der Waals surface area contributed by atoms with Crippen molar-refractivity contribution in [1.29, 1.82) is 0 Å². The third-order valence-corrected chi connectivity index (χ3v) is 8.19. The van der Waals surface area contributed by atoms with Gasteiger partial charge in [0.05, 0.1) is 17.0 Å². The van der Waals surface area contributed by atoms with E-state index in [0.717, 1.165) is 57.3 Å². The fourth-order valence-electron chi connectivity index (χ4n) is 5.86. The van der Waals surface area contributed by atoms with E-state index < -0.39 is 11.7 Å². The highest BCUT2D eigenvalue weighted by Crippen LogP contribution is 2.44. The summed E-state index contributed by atoms with van der Waals surface area (Å²) < 4.78 is 41.1. The Hall–Kier alpha value is -2.87.